The molecule has 0 saturated heterocycles. The van der Waals surface area contributed by atoms with E-state index in [2.05, 4.69) is 20.0 Å². The van der Waals surface area contributed by atoms with E-state index in [1.54, 1.807) is 0 Å². The molecule has 0 N–H and O–H groups in total. The van der Waals surface area contributed by atoms with Crippen LogP contribution in [0.5, 0.6) is 0 Å². The summed E-state index contributed by atoms with van der Waals surface area (Å²) in [4.78, 5) is 0. The van der Waals surface area contributed by atoms with Crippen molar-refractivity contribution in [3.63, 3.8) is 0 Å². The monoisotopic (exact) mass is 246 g/mol. The zero-order valence-corrected chi connectivity index (χ0v) is 13.5. The van der Waals surface area contributed by atoms with Crippen molar-refractivity contribution in [3.8, 4) is 0 Å². The normalized spacial score (nSPS) is 6.71. The third-order valence-corrected chi connectivity index (χ3v) is 0.556. The zero-order valence-electron chi connectivity index (χ0n) is 8.06. The van der Waals surface area contributed by atoms with Crippen LogP contribution in [0.1, 0.15) is 0 Å². The van der Waals surface area contributed by atoms with Crippen LogP contribution in [0.2, 0.25) is 0 Å². The Kier molecular flexibility index (Phi) is 165. The molecule has 0 amide bonds. The van der Waals surface area contributed by atoms with Crippen LogP contribution in [0.3, 0.4) is 0 Å². The van der Waals surface area contributed by atoms with Gasteiger partial charge in [-0.25, -0.2) is 0 Å². The zero-order chi connectivity index (χ0) is 9.54. The van der Waals surface area contributed by atoms with Gasteiger partial charge in [0.2, 0.25) is 0 Å². The van der Waals surface area contributed by atoms with Crippen molar-refractivity contribution in [1.29, 1.82) is 0 Å². The smallest absolute Gasteiger partial charge is 0.00506 e. The van der Waals surface area contributed by atoms with Crippen LogP contribution in [0.25, 0.3) is 0 Å². The summed E-state index contributed by atoms with van der Waals surface area (Å²) in [7, 11) is 0. The Labute approximate surface area is 140 Å². The van der Waals surface area contributed by atoms with Crippen molar-refractivity contribution < 1.29 is 32.5 Å². The Morgan fingerprint density at radius 1 is 0.571 bits per heavy atom. The van der Waals surface area contributed by atoms with Crippen LogP contribution in [0.15, 0.2) is 24.3 Å². The second kappa shape index (κ2) is 63.8. The first kappa shape index (κ1) is 36.2. The molecule has 0 bridgehead atoms. The summed E-state index contributed by atoms with van der Waals surface area (Å²) in [6.07, 6.45) is 10.0. The number of hydrogen-bond acceptors (Lipinski definition) is 0. The fraction of sp³-hybridized carbons (Fsp3) is 0. The van der Waals surface area contributed by atoms with Gasteiger partial charge >= 0.3 is 33.9 Å². The van der Waals surface area contributed by atoms with Crippen molar-refractivity contribution in [2.45, 2.75) is 0 Å². The molecule has 0 spiro atoms. The first-order chi connectivity index (χ1) is 5.50. The summed E-state index contributed by atoms with van der Waals surface area (Å²) in [5.41, 5.74) is 0. The molecular weight excluding hydrogens is 241 g/mol. The number of allylic oxidation sites excluding steroid dienone is 4. The molecule has 0 aliphatic heterocycles. The molecule has 0 aromatic rings. The number of hydrogen-bond donors (Lipinski definition) is 0. The maximum atomic E-state index is 7.50. The van der Waals surface area contributed by atoms with Crippen molar-refractivity contribution in [2.75, 3.05) is 0 Å². The van der Waals surface area contributed by atoms with Gasteiger partial charge in [0.05, 0.1) is 0 Å². The minimum Gasteiger partial charge on any atom is -0.0767 e. The average Bonchev–Trinajstić information content (AvgIpc) is 2.71. The van der Waals surface area contributed by atoms with E-state index in [0.717, 1.165) is 0 Å². The van der Waals surface area contributed by atoms with Gasteiger partial charge in [-0.1, -0.05) is 24.3 Å². The minimum absolute atomic E-state index is 0. The first-order valence-electron chi connectivity index (χ1n) is 2.28. The van der Waals surface area contributed by atoms with Gasteiger partial charge in [-0.15, -0.1) is 0 Å². The summed E-state index contributed by atoms with van der Waals surface area (Å²) in [6, 6.07) is 0. The van der Waals surface area contributed by atoms with Gasteiger partial charge in [-0.05, 0) is 0 Å². The second-order valence-electron chi connectivity index (χ2n) is 0.962. The Hall–Kier alpha value is 1.28. The van der Waals surface area contributed by atoms with E-state index < -0.39 is 0 Å². The van der Waals surface area contributed by atoms with E-state index in [0.29, 0.717) is 0 Å². The molecule has 4 radical (unpaired) electrons. The van der Waals surface area contributed by atoms with E-state index in [1.807, 2.05) is 30.7 Å². The van der Waals surface area contributed by atoms with Crippen molar-refractivity contribution >= 4 is 59.1 Å². The van der Waals surface area contributed by atoms with E-state index in [4.69, 9.17) is 14.0 Å². The Morgan fingerprint density at radius 2 is 0.786 bits per heavy atom. The average molecular weight is 246 g/mol. The molecule has 0 aromatic carbocycles. The second-order valence-corrected chi connectivity index (χ2v) is 0.962. The predicted molar refractivity (Wildman–Crippen MR) is 45.9 cm³/mol. The molecular formula is C8H5Na2O3V. The molecule has 1 rings (SSSR count). The van der Waals surface area contributed by atoms with Crippen molar-refractivity contribution in [3.05, 3.63) is 50.7 Å². The van der Waals surface area contributed by atoms with Crippen LogP contribution >= 0.6 is 0 Å². The van der Waals surface area contributed by atoms with Crippen LogP contribution < -0.4 is 0 Å². The fourth-order valence-corrected chi connectivity index (χ4v) is 0.321. The molecule has 62 valence electrons. The van der Waals surface area contributed by atoms with Gasteiger partial charge in [0, 0.05) is 84.1 Å². The molecule has 0 heterocycles. The molecule has 0 unspecified atom stereocenters. The van der Waals surface area contributed by atoms with E-state index in [1.165, 1.54) is 0 Å². The maximum absolute atomic E-state index is 7.50. The summed E-state index contributed by atoms with van der Waals surface area (Å²) in [5.74, 6) is 0. The summed E-state index contributed by atoms with van der Waals surface area (Å²) in [6.45, 7) is 13.5. The van der Waals surface area contributed by atoms with Gasteiger partial charge in [0.15, 0.2) is 0 Å². The molecule has 6 heteroatoms. The molecule has 1 aliphatic rings. The Bertz CT molecular complexity index is 149. The molecule has 0 atom stereocenters. The fourth-order valence-electron chi connectivity index (χ4n) is 0.321. The predicted octanol–water partition coefficient (Wildman–Crippen LogP) is 0.440. The summed E-state index contributed by atoms with van der Waals surface area (Å²) < 4.78 is 22.5. The molecule has 14 heavy (non-hydrogen) atoms. The minimum atomic E-state index is 0. The van der Waals surface area contributed by atoms with Gasteiger partial charge in [-0.3, -0.25) is 0 Å². The molecule has 0 aromatic heterocycles. The van der Waals surface area contributed by atoms with Crippen LogP contribution in [0, 0.1) is 26.4 Å². The maximum Gasteiger partial charge on any atom is 0.00506 e. The van der Waals surface area contributed by atoms with E-state index in [9.17, 15) is 0 Å². The molecule has 0 saturated carbocycles. The Morgan fingerprint density at radius 3 is 0.857 bits per heavy atom. The summed E-state index contributed by atoms with van der Waals surface area (Å²) in [5, 5.41) is 0. The third-order valence-electron chi connectivity index (χ3n) is 0.556. The van der Waals surface area contributed by atoms with Gasteiger partial charge in [0.1, 0.15) is 0 Å². The van der Waals surface area contributed by atoms with Crippen molar-refractivity contribution in [1.82, 2.24) is 0 Å². The van der Waals surface area contributed by atoms with E-state index in [-0.39, 0.29) is 77.7 Å². The molecule has 0 fully saturated rings. The quantitative estimate of drug-likeness (QED) is 0.338. The number of rotatable bonds is 0. The van der Waals surface area contributed by atoms with Gasteiger partial charge < -0.3 is 0 Å². The molecule has 3 nitrogen and oxygen atoms in total. The van der Waals surface area contributed by atoms with Crippen LogP contribution in [-0.4, -0.2) is 59.1 Å². The molecule has 1 aliphatic carbocycles. The van der Waals surface area contributed by atoms with Crippen LogP contribution in [0.4, 0.5) is 0 Å². The first-order valence-corrected chi connectivity index (χ1v) is 2.28. The SMILES string of the molecule is [C-]#[O+].[C-]#[O+].[C-]#[O+].[CH]1C=CC=C1.[Na].[Na].[V]. The largest absolute Gasteiger partial charge is 0.0767 e. The summed E-state index contributed by atoms with van der Waals surface area (Å²) >= 11 is 0. The third kappa shape index (κ3) is 50.8. The van der Waals surface area contributed by atoms with Gasteiger partial charge in [-0.2, -0.15) is 0 Å². The topological polar surface area (TPSA) is 59.7 Å². The Balaban J connectivity index is -0.0000000161. The standard InChI is InChI=1S/C5H5.3CO.2Na.V/c1-2-4-5-3-1;3*1-2;;;/h1-5H;;;;;;. The van der Waals surface area contributed by atoms with Crippen molar-refractivity contribution in [2.24, 2.45) is 0 Å². The van der Waals surface area contributed by atoms with Gasteiger partial charge in [0.25, 0.3) is 0 Å². The van der Waals surface area contributed by atoms with Crippen LogP contribution in [-0.2, 0) is 32.5 Å². The van der Waals surface area contributed by atoms with E-state index >= 15 is 0 Å².